The van der Waals surface area contributed by atoms with E-state index < -0.39 is 46.2 Å². The second-order valence-electron chi connectivity index (χ2n) is 9.84. The quantitative estimate of drug-likeness (QED) is 0.208. The van der Waals surface area contributed by atoms with E-state index >= 15 is 0 Å². The van der Waals surface area contributed by atoms with Crippen molar-refractivity contribution in [2.45, 2.75) is 30.1 Å². The summed E-state index contributed by atoms with van der Waals surface area (Å²) in [6.45, 7) is -0.945. The fraction of sp³-hybridized carbons (Fsp3) is 0.188. The van der Waals surface area contributed by atoms with Gasteiger partial charge in [0.2, 0.25) is 11.8 Å². The van der Waals surface area contributed by atoms with Crippen LogP contribution >= 0.6 is 15.9 Å². The predicted octanol–water partition coefficient (Wildman–Crippen LogP) is 6.05. The molecule has 1 atom stereocenters. The van der Waals surface area contributed by atoms with Crippen LogP contribution in [0.3, 0.4) is 0 Å². The number of benzene rings is 4. The van der Waals surface area contributed by atoms with Crippen molar-refractivity contribution >= 4 is 43.5 Å². The van der Waals surface area contributed by atoms with Crippen LogP contribution in [0.2, 0.25) is 0 Å². The molecule has 0 aliphatic heterocycles. The Kier molecular flexibility index (Phi) is 10.5. The van der Waals surface area contributed by atoms with Crippen molar-refractivity contribution in [3.63, 3.8) is 0 Å². The van der Waals surface area contributed by atoms with Gasteiger partial charge >= 0.3 is 6.18 Å². The smallest absolute Gasteiger partial charge is 0.357 e. The summed E-state index contributed by atoms with van der Waals surface area (Å²) in [5.41, 5.74) is -0.0287. The Morgan fingerprint density at radius 3 is 2.07 bits per heavy atom. The zero-order chi connectivity index (χ0) is 31.9. The SMILES string of the molecule is CNC(=O)[C@@H](Cc1ccccc1)N(Cc1cccc(Br)c1)C(=O)CN(c1cccc(C(F)(F)F)c1)S(=O)(=O)c1ccccc1. The molecule has 4 aromatic carbocycles. The minimum atomic E-state index is -4.76. The minimum Gasteiger partial charge on any atom is -0.357 e. The van der Waals surface area contributed by atoms with E-state index in [-0.39, 0.29) is 23.5 Å². The highest BCUT2D eigenvalue weighted by Crippen LogP contribution is 2.33. The normalized spacial score (nSPS) is 12.3. The Labute approximate surface area is 262 Å². The Balaban J connectivity index is 1.82. The number of nitrogens with zero attached hydrogens (tertiary/aromatic N) is 2. The average Bonchev–Trinajstić information content (AvgIpc) is 3.01. The molecule has 0 fully saturated rings. The molecular weight excluding hydrogens is 659 g/mol. The molecule has 1 N–H and O–H groups in total. The first-order valence-corrected chi connectivity index (χ1v) is 15.7. The number of hydrogen-bond acceptors (Lipinski definition) is 4. The second-order valence-corrected chi connectivity index (χ2v) is 12.6. The minimum absolute atomic E-state index is 0.0784. The van der Waals surface area contributed by atoms with Crippen molar-refractivity contribution in [2.75, 3.05) is 17.9 Å². The lowest BCUT2D eigenvalue weighted by Crippen LogP contribution is -2.53. The number of likely N-dealkylation sites (N-methyl/N-ethyl adjacent to an activating group) is 1. The molecule has 4 aromatic rings. The van der Waals surface area contributed by atoms with Gasteiger partial charge in [-0.15, -0.1) is 0 Å². The molecule has 0 saturated carbocycles. The highest BCUT2D eigenvalue weighted by Gasteiger charge is 2.36. The number of alkyl halides is 3. The highest BCUT2D eigenvalue weighted by atomic mass is 79.9. The number of carbonyl (C=O) groups is 2. The monoisotopic (exact) mass is 687 g/mol. The van der Waals surface area contributed by atoms with Crippen LogP contribution in [-0.2, 0) is 38.8 Å². The van der Waals surface area contributed by atoms with Gasteiger partial charge < -0.3 is 10.2 Å². The van der Waals surface area contributed by atoms with Crippen LogP contribution in [0.25, 0.3) is 0 Å². The number of rotatable bonds is 11. The van der Waals surface area contributed by atoms with E-state index in [1.807, 2.05) is 6.07 Å². The summed E-state index contributed by atoms with van der Waals surface area (Å²) in [4.78, 5) is 28.6. The molecule has 2 amide bonds. The fourth-order valence-electron chi connectivity index (χ4n) is 4.64. The number of halogens is 4. The van der Waals surface area contributed by atoms with Gasteiger partial charge in [-0.25, -0.2) is 8.42 Å². The van der Waals surface area contributed by atoms with Gasteiger partial charge in [0.1, 0.15) is 12.6 Å². The number of nitrogens with one attached hydrogen (secondary N) is 1. The molecule has 4 rings (SSSR count). The van der Waals surface area contributed by atoms with Gasteiger partial charge in [-0.05, 0) is 53.6 Å². The summed E-state index contributed by atoms with van der Waals surface area (Å²) in [5.74, 6) is -1.28. The van der Waals surface area contributed by atoms with Crippen LogP contribution in [0.15, 0.2) is 119 Å². The summed E-state index contributed by atoms with van der Waals surface area (Å²) in [6, 6.07) is 25.9. The van der Waals surface area contributed by atoms with E-state index in [0.717, 1.165) is 22.2 Å². The number of hydrogen-bond donors (Lipinski definition) is 1. The lowest BCUT2D eigenvalue weighted by molar-refractivity contribution is -0.139. The third kappa shape index (κ3) is 8.06. The molecule has 0 heterocycles. The molecule has 230 valence electrons. The van der Waals surface area contributed by atoms with E-state index in [1.165, 1.54) is 42.3 Å². The molecule has 0 bridgehead atoms. The van der Waals surface area contributed by atoms with Gasteiger partial charge in [-0.1, -0.05) is 82.7 Å². The molecule has 0 aromatic heterocycles. The first-order chi connectivity index (χ1) is 20.9. The molecular formula is C32H29BrF3N3O4S. The average molecular weight is 689 g/mol. The zero-order valence-corrected chi connectivity index (χ0v) is 25.9. The van der Waals surface area contributed by atoms with Crippen LogP contribution in [0, 0.1) is 0 Å². The van der Waals surface area contributed by atoms with Crippen molar-refractivity contribution in [1.29, 1.82) is 0 Å². The van der Waals surface area contributed by atoms with E-state index in [4.69, 9.17) is 0 Å². The number of anilines is 1. The maximum absolute atomic E-state index is 14.2. The second kappa shape index (κ2) is 14.1. The predicted molar refractivity (Wildman–Crippen MR) is 165 cm³/mol. The van der Waals surface area contributed by atoms with Gasteiger partial charge in [-0.3, -0.25) is 13.9 Å². The maximum Gasteiger partial charge on any atom is 0.416 e. The molecule has 0 aliphatic rings. The first kappa shape index (κ1) is 32.7. The summed E-state index contributed by atoms with van der Waals surface area (Å²) in [6.07, 6.45) is -4.65. The lowest BCUT2D eigenvalue weighted by Gasteiger charge is -2.33. The van der Waals surface area contributed by atoms with E-state index in [9.17, 15) is 31.2 Å². The summed E-state index contributed by atoms with van der Waals surface area (Å²) in [7, 11) is -3.10. The molecule has 0 radical (unpaired) electrons. The van der Waals surface area contributed by atoms with Crippen molar-refractivity contribution in [1.82, 2.24) is 10.2 Å². The Hall–Kier alpha value is -4.16. The molecule has 0 aliphatic carbocycles. The van der Waals surface area contributed by atoms with Gasteiger partial charge in [0, 0.05) is 24.5 Å². The van der Waals surface area contributed by atoms with Crippen molar-refractivity contribution < 1.29 is 31.2 Å². The zero-order valence-electron chi connectivity index (χ0n) is 23.5. The highest BCUT2D eigenvalue weighted by molar-refractivity contribution is 9.10. The van der Waals surface area contributed by atoms with Crippen LogP contribution in [0.4, 0.5) is 18.9 Å². The Morgan fingerprint density at radius 1 is 0.841 bits per heavy atom. The molecule has 12 heteroatoms. The largest absolute Gasteiger partial charge is 0.416 e. The Bertz CT molecular complexity index is 1700. The lowest BCUT2D eigenvalue weighted by atomic mass is 10.0. The van der Waals surface area contributed by atoms with Gasteiger partial charge in [0.25, 0.3) is 10.0 Å². The summed E-state index contributed by atoms with van der Waals surface area (Å²) < 4.78 is 70.2. The van der Waals surface area contributed by atoms with E-state index in [0.29, 0.717) is 15.9 Å². The first-order valence-electron chi connectivity index (χ1n) is 13.4. The summed E-state index contributed by atoms with van der Waals surface area (Å²) >= 11 is 3.41. The maximum atomic E-state index is 14.2. The van der Waals surface area contributed by atoms with Crippen molar-refractivity contribution in [2.24, 2.45) is 0 Å². The Morgan fingerprint density at radius 2 is 1.45 bits per heavy atom. The van der Waals surface area contributed by atoms with Crippen LogP contribution < -0.4 is 9.62 Å². The van der Waals surface area contributed by atoms with Crippen LogP contribution in [0.1, 0.15) is 16.7 Å². The molecule has 0 unspecified atom stereocenters. The van der Waals surface area contributed by atoms with E-state index in [1.54, 1.807) is 54.6 Å². The van der Waals surface area contributed by atoms with Gasteiger partial charge in [-0.2, -0.15) is 13.2 Å². The third-order valence-corrected chi connectivity index (χ3v) is 9.11. The van der Waals surface area contributed by atoms with Crippen molar-refractivity contribution in [3.8, 4) is 0 Å². The fourth-order valence-corrected chi connectivity index (χ4v) is 6.51. The standard InChI is InChI=1S/C32H29BrF3N3O4S/c1-37-31(41)29(19-23-10-4-2-5-11-23)38(21-24-12-8-14-26(33)18-24)30(40)22-39(44(42,43)28-16-6-3-7-17-28)27-15-9-13-25(20-27)32(34,35)36/h2-18,20,29H,19,21-22H2,1H3,(H,37,41)/t29-/m1/s1. The molecule has 44 heavy (non-hydrogen) atoms. The number of sulfonamides is 1. The molecule has 0 saturated heterocycles. The molecule has 0 spiro atoms. The van der Waals surface area contributed by atoms with Crippen LogP contribution in [-0.4, -0.2) is 44.8 Å². The van der Waals surface area contributed by atoms with Gasteiger partial charge in [0.15, 0.2) is 0 Å². The van der Waals surface area contributed by atoms with Crippen molar-refractivity contribution in [3.05, 3.63) is 130 Å². The van der Waals surface area contributed by atoms with Gasteiger partial charge in [0.05, 0.1) is 16.1 Å². The summed E-state index contributed by atoms with van der Waals surface area (Å²) in [5, 5.41) is 2.58. The van der Waals surface area contributed by atoms with E-state index in [2.05, 4.69) is 21.2 Å². The third-order valence-electron chi connectivity index (χ3n) is 6.83. The number of carbonyl (C=O) groups excluding carboxylic acids is 2. The van der Waals surface area contributed by atoms with Crippen LogP contribution in [0.5, 0.6) is 0 Å². The molecule has 7 nitrogen and oxygen atoms in total. The topological polar surface area (TPSA) is 86.8 Å². The number of amides is 2.